The van der Waals surface area contributed by atoms with Gasteiger partial charge in [0.05, 0.1) is 60.3 Å². The van der Waals surface area contributed by atoms with Gasteiger partial charge in [-0.2, -0.15) is 0 Å². The van der Waals surface area contributed by atoms with Crippen molar-refractivity contribution < 1.29 is 53.4 Å². The zero-order chi connectivity index (χ0) is 36.2. The highest BCUT2D eigenvalue weighted by Crippen LogP contribution is 2.47. The van der Waals surface area contributed by atoms with Crippen molar-refractivity contribution in [3.05, 3.63) is 34.0 Å². The number of nitrogens with two attached hydrogens (primary N) is 1. The van der Waals surface area contributed by atoms with E-state index in [0.29, 0.717) is 19.3 Å². The molecule has 1 aromatic carbocycles. The molecule has 1 aliphatic heterocycles. The van der Waals surface area contributed by atoms with Crippen LogP contribution in [-0.4, -0.2) is 83.6 Å². The minimum atomic E-state index is -1.81. The zero-order valence-corrected chi connectivity index (χ0v) is 29.6. The van der Waals surface area contributed by atoms with Gasteiger partial charge in [0.15, 0.2) is 5.78 Å². The van der Waals surface area contributed by atoms with E-state index in [2.05, 4.69) is 0 Å². The molecule has 0 amide bonds. The number of allylic oxidation sites excluding steroid dienone is 2. The van der Waals surface area contributed by atoms with Crippen LogP contribution in [0.3, 0.4) is 0 Å². The van der Waals surface area contributed by atoms with Gasteiger partial charge in [0.25, 0.3) is 5.79 Å². The van der Waals surface area contributed by atoms with E-state index >= 15 is 0 Å². The van der Waals surface area contributed by atoms with Crippen molar-refractivity contribution in [1.29, 1.82) is 0 Å². The third-order valence-electron chi connectivity index (χ3n) is 10.2. The van der Waals surface area contributed by atoms with Gasteiger partial charge in [0, 0.05) is 31.6 Å². The van der Waals surface area contributed by atoms with Gasteiger partial charge in [-0.25, -0.2) is 0 Å². The molecular weight excluding hydrogens is 622 g/mol. The van der Waals surface area contributed by atoms with Gasteiger partial charge in [-0.1, -0.05) is 41.0 Å². The maximum absolute atomic E-state index is 13.6. The lowest BCUT2D eigenvalue weighted by Gasteiger charge is -2.34. The summed E-state index contributed by atoms with van der Waals surface area (Å²) in [4.78, 5) is 50.9. The van der Waals surface area contributed by atoms with Crippen LogP contribution in [0.1, 0.15) is 110 Å². The normalized spacial score (nSPS) is 22.4. The molecule has 12 nitrogen and oxygen atoms in total. The Morgan fingerprint density at radius 3 is 2.17 bits per heavy atom. The molecule has 2 aliphatic rings. The molecule has 0 saturated heterocycles. The van der Waals surface area contributed by atoms with Crippen molar-refractivity contribution in [3.8, 4) is 11.5 Å². The number of aliphatic hydroxyl groups is 2. The van der Waals surface area contributed by atoms with Gasteiger partial charge in [-0.3, -0.25) is 19.2 Å². The summed E-state index contributed by atoms with van der Waals surface area (Å²) < 4.78 is 22.4. The summed E-state index contributed by atoms with van der Waals surface area (Å²) in [7, 11) is 2.95. The lowest BCUT2D eigenvalue weighted by molar-refractivity contribution is -0.145. The standard InChI is InChI=1S/C36H53NO11/c1-17(11-10-12-18(2)35(44)46-9)29(39)21(5)30(40)20(4)15-19(3)25(45-8)13-14-47-36(7)34(43)28-26-24(38)16-23(37)32(42)27(26)31(41)22(6)33(28)48-36/h16-21,25,29-30,39-41H,10-15,37H2,1-9H3. The maximum Gasteiger partial charge on any atom is 0.308 e. The van der Waals surface area contributed by atoms with E-state index in [-0.39, 0.29) is 82.0 Å². The fourth-order valence-corrected chi connectivity index (χ4v) is 6.99. The van der Waals surface area contributed by atoms with Crippen LogP contribution < -0.4 is 10.5 Å². The number of aromatic hydroxyl groups is 1. The van der Waals surface area contributed by atoms with Crippen molar-refractivity contribution in [2.45, 2.75) is 105 Å². The van der Waals surface area contributed by atoms with Crippen LogP contribution in [0.5, 0.6) is 11.5 Å². The molecule has 48 heavy (non-hydrogen) atoms. The van der Waals surface area contributed by atoms with Gasteiger partial charge in [-0.15, -0.1) is 0 Å². The average Bonchev–Trinajstić information content (AvgIpc) is 3.31. The van der Waals surface area contributed by atoms with E-state index in [4.69, 9.17) is 24.7 Å². The number of esters is 1. The van der Waals surface area contributed by atoms with E-state index in [9.17, 15) is 34.5 Å². The molecular formula is C36H53NO11. The fraction of sp³-hybridized carbons (Fsp3) is 0.667. The third-order valence-corrected chi connectivity index (χ3v) is 10.2. The number of aliphatic hydroxyl groups excluding tert-OH is 2. The predicted octanol–water partition coefficient (Wildman–Crippen LogP) is 4.27. The first-order chi connectivity index (χ1) is 22.4. The van der Waals surface area contributed by atoms with Gasteiger partial charge >= 0.3 is 5.97 Å². The summed E-state index contributed by atoms with van der Waals surface area (Å²) in [6.07, 6.45) is 2.27. The summed E-state index contributed by atoms with van der Waals surface area (Å²) in [5, 5.41) is 32.9. The monoisotopic (exact) mass is 675 g/mol. The molecule has 9 atom stereocenters. The van der Waals surface area contributed by atoms with E-state index in [1.165, 1.54) is 21.0 Å². The number of carbonyl (C=O) groups excluding carboxylic acids is 4. The highest BCUT2D eigenvalue weighted by Gasteiger charge is 2.51. The number of fused-ring (bicyclic) bond motifs is 3. The van der Waals surface area contributed by atoms with Crippen LogP contribution >= 0.6 is 0 Å². The summed E-state index contributed by atoms with van der Waals surface area (Å²) in [5.74, 6) is -5.44. The molecule has 1 aromatic rings. The Morgan fingerprint density at radius 2 is 1.56 bits per heavy atom. The number of carbonyl (C=O) groups is 4. The molecule has 1 heterocycles. The van der Waals surface area contributed by atoms with Crippen molar-refractivity contribution >= 4 is 23.3 Å². The molecule has 1 aliphatic carbocycles. The number of Topliss-reactive ketones (excluding diaryl/α,β-unsaturated/α-hetero) is 2. The Balaban J connectivity index is 1.58. The number of phenols is 1. The molecule has 0 saturated carbocycles. The number of ketones is 3. The topological polar surface area (TPSA) is 192 Å². The van der Waals surface area contributed by atoms with Crippen molar-refractivity contribution in [2.24, 2.45) is 35.3 Å². The molecule has 0 radical (unpaired) electrons. The van der Waals surface area contributed by atoms with E-state index in [1.54, 1.807) is 7.11 Å². The van der Waals surface area contributed by atoms with Crippen LogP contribution in [0.25, 0.3) is 0 Å². The molecule has 0 aromatic heterocycles. The second kappa shape index (κ2) is 15.9. The Bertz CT molecular complexity index is 1420. The molecule has 12 heteroatoms. The second-order valence-electron chi connectivity index (χ2n) is 13.9. The van der Waals surface area contributed by atoms with Gasteiger partial charge in [0.1, 0.15) is 11.5 Å². The number of hydrogen-bond donors (Lipinski definition) is 4. The van der Waals surface area contributed by atoms with E-state index in [0.717, 1.165) is 18.9 Å². The molecule has 5 N–H and O–H groups in total. The van der Waals surface area contributed by atoms with Gasteiger partial charge in [0.2, 0.25) is 11.6 Å². The van der Waals surface area contributed by atoms with Gasteiger partial charge < -0.3 is 40.0 Å². The fourth-order valence-electron chi connectivity index (χ4n) is 6.99. The molecule has 9 unspecified atom stereocenters. The van der Waals surface area contributed by atoms with Crippen molar-refractivity contribution in [1.82, 2.24) is 0 Å². The highest BCUT2D eigenvalue weighted by atomic mass is 16.7. The van der Waals surface area contributed by atoms with Crippen LogP contribution in [-0.2, 0) is 19.0 Å². The van der Waals surface area contributed by atoms with Crippen LogP contribution in [0.2, 0.25) is 0 Å². The first kappa shape index (κ1) is 39.1. The number of ether oxygens (including phenoxy) is 4. The summed E-state index contributed by atoms with van der Waals surface area (Å²) in [6, 6.07) is 0. The van der Waals surface area contributed by atoms with Crippen LogP contribution in [0, 0.1) is 36.5 Å². The van der Waals surface area contributed by atoms with Crippen LogP contribution in [0.15, 0.2) is 11.8 Å². The number of benzene rings is 1. The minimum absolute atomic E-state index is 0.0189. The van der Waals surface area contributed by atoms with Gasteiger partial charge in [-0.05, 0) is 50.4 Å². The smallest absolute Gasteiger partial charge is 0.308 e. The number of phenolic OH excluding ortho intramolecular Hbond substituents is 1. The molecule has 0 fully saturated rings. The molecule has 0 spiro atoms. The average molecular weight is 676 g/mol. The van der Waals surface area contributed by atoms with Crippen molar-refractivity contribution in [3.63, 3.8) is 0 Å². The lowest BCUT2D eigenvalue weighted by Crippen LogP contribution is -2.41. The number of hydrogen-bond acceptors (Lipinski definition) is 12. The second-order valence-corrected chi connectivity index (χ2v) is 13.9. The van der Waals surface area contributed by atoms with E-state index in [1.807, 2.05) is 34.6 Å². The minimum Gasteiger partial charge on any atom is -0.507 e. The summed E-state index contributed by atoms with van der Waals surface area (Å²) in [6.45, 7) is 12.5. The Hall–Kier alpha value is -3.32. The predicted molar refractivity (Wildman–Crippen MR) is 177 cm³/mol. The SMILES string of the molecule is COC(=O)C(C)CCCC(C)C(O)C(C)C(O)C(C)CC(C)C(CCOC1(C)Oc2c(C)c(O)c3c(c2C1=O)C(=O)C=C(N)C3=O)OC. The lowest BCUT2D eigenvalue weighted by atomic mass is 9.79. The number of methoxy groups -OCH3 is 2. The first-order valence-electron chi connectivity index (χ1n) is 16.7. The first-order valence-corrected chi connectivity index (χ1v) is 16.7. The summed E-state index contributed by atoms with van der Waals surface area (Å²) >= 11 is 0. The quantitative estimate of drug-likeness (QED) is 0.172. The van der Waals surface area contributed by atoms with E-state index < -0.39 is 41.1 Å². The van der Waals surface area contributed by atoms with Crippen molar-refractivity contribution in [2.75, 3.05) is 20.8 Å². The molecule has 0 bridgehead atoms. The number of rotatable bonds is 17. The summed E-state index contributed by atoms with van der Waals surface area (Å²) in [5.41, 5.74) is 4.79. The third kappa shape index (κ3) is 7.93. The highest BCUT2D eigenvalue weighted by molar-refractivity contribution is 6.30. The Morgan fingerprint density at radius 1 is 0.938 bits per heavy atom. The molecule has 3 rings (SSSR count). The van der Waals surface area contributed by atoms with Crippen LogP contribution in [0.4, 0.5) is 0 Å². The largest absolute Gasteiger partial charge is 0.507 e. The zero-order valence-electron chi connectivity index (χ0n) is 29.6. The maximum atomic E-state index is 13.6. The Kier molecular flexibility index (Phi) is 13.0. The Labute approximate surface area is 283 Å². The molecule has 268 valence electrons.